The number of hydrazone groups is 1. The van der Waals surface area contributed by atoms with Crippen molar-refractivity contribution in [3.8, 4) is 0 Å². The molecule has 0 atom stereocenters. The first kappa shape index (κ1) is 11.3. The van der Waals surface area contributed by atoms with Gasteiger partial charge >= 0.3 is 0 Å². The molecule has 0 aliphatic heterocycles. The molecule has 0 unspecified atom stereocenters. The van der Waals surface area contributed by atoms with Crippen LogP contribution in [-0.2, 0) is 4.79 Å². The molecule has 16 heavy (non-hydrogen) atoms. The fourth-order valence-corrected chi connectivity index (χ4v) is 1.59. The number of nitrogens with one attached hydrogen (secondary N) is 1. The topological polar surface area (TPSA) is 41.5 Å². The van der Waals surface area contributed by atoms with Gasteiger partial charge in [0.2, 0.25) is 5.91 Å². The van der Waals surface area contributed by atoms with Crippen LogP contribution >= 0.6 is 15.9 Å². The molecule has 0 bridgehead atoms. The molecule has 1 aromatic rings. The molecule has 1 aliphatic carbocycles. The van der Waals surface area contributed by atoms with Gasteiger partial charge in [0.1, 0.15) is 5.82 Å². The van der Waals surface area contributed by atoms with E-state index in [9.17, 15) is 9.18 Å². The Kier molecular flexibility index (Phi) is 3.33. The monoisotopic (exact) mass is 284 g/mol. The lowest BCUT2D eigenvalue weighted by molar-refractivity contribution is -0.122. The minimum absolute atomic E-state index is 0.0911. The minimum atomic E-state index is -0.368. The Morgan fingerprint density at radius 3 is 3.00 bits per heavy atom. The number of nitrogens with zero attached hydrogens (tertiary/aromatic N) is 1. The van der Waals surface area contributed by atoms with Gasteiger partial charge in [0.15, 0.2) is 0 Å². The van der Waals surface area contributed by atoms with E-state index >= 15 is 0 Å². The van der Waals surface area contributed by atoms with Gasteiger partial charge in [-0.3, -0.25) is 4.79 Å². The Morgan fingerprint density at radius 1 is 1.56 bits per heavy atom. The molecule has 0 heterocycles. The first-order valence-corrected chi connectivity index (χ1v) is 5.74. The van der Waals surface area contributed by atoms with Gasteiger partial charge < -0.3 is 0 Å². The van der Waals surface area contributed by atoms with E-state index in [1.165, 1.54) is 12.3 Å². The summed E-state index contributed by atoms with van der Waals surface area (Å²) in [5.74, 6) is -0.358. The third kappa shape index (κ3) is 2.88. The normalized spacial score (nSPS) is 15.4. The van der Waals surface area contributed by atoms with E-state index < -0.39 is 0 Å². The molecule has 0 saturated heterocycles. The van der Waals surface area contributed by atoms with E-state index in [-0.39, 0.29) is 17.6 Å². The van der Waals surface area contributed by atoms with E-state index in [1.54, 1.807) is 12.1 Å². The Morgan fingerprint density at radius 2 is 2.31 bits per heavy atom. The minimum Gasteiger partial charge on any atom is -0.273 e. The Labute approximate surface area is 101 Å². The maximum Gasteiger partial charge on any atom is 0.243 e. The average molecular weight is 285 g/mol. The Hall–Kier alpha value is -1.23. The summed E-state index contributed by atoms with van der Waals surface area (Å²) >= 11 is 3.23. The van der Waals surface area contributed by atoms with Gasteiger partial charge in [-0.2, -0.15) is 5.10 Å². The number of hydrogen-bond donors (Lipinski definition) is 1. The van der Waals surface area contributed by atoms with Gasteiger partial charge in [0.25, 0.3) is 0 Å². The van der Waals surface area contributed by atoms with Crippen molar-refractivity contribution in [2.75, 3.05) is 0 Å². The molecule has 1 N–H and O–H groups in total. The predicted octanol–water partition coefficient (Wildman–Crippen LogP) is 2.45. The van der Waals surface area contributed by atoms with Crippen LogP contribution in [0.15, 0.2) is 27.8 Å². The number of amides is 1. The fraction of sp³-hybridized carbons (Fsp3) is 0.273. The molecule has 0 radical (unpaired) electrons. The van der Waals surface area contributed by atoms with Crippen molar-refractivity contribution in [3.05, 3.63) is 34.1 Å². The Balaban J connectivity index is 1.99. The van der Waals surface area contributed by atoms with Gasteiger partial charge in [-0.25, -0.2) is 9.82 Å². The maximum absolute atomic E-state index is 13.2. The van der Waals surface area contributed by atoms with E-state index in [0.717, 1.165) is 17.3 Å². The summed E-state index contributed by atoms with van der Waals surface area (Å²) in [7, 11) is 0. The van der Waals surface area contributed by atoms with Crippen molar-refractivity contribution in [2.24, 2.45) is 11.0 Å². The lowest BCUT2D eigenvalue weighted by Gasteiger charge is -1.98. The highest BCUT2D eigenvalue weighted by molar-refractivity contribution is 9.10. The molecule has 0 spiro atoms. The van der Waals surface area contributed by atoms with Gasteiger partial charge in [0, 0.05) is 16.0 Å². The summed E-state index contributed by atoms with van der Waals surface area (Å²) in [5.41, 5.74) is 2.73. The van der Waals surface area contributed by atoms with Crippen molar-refractivity contribution in [3.63, 3.8) is 0 Å². The average Bonchev–Trinajstić information content (AvgIpc) is 3.06. The molecular weight excluding hydrogens is 275 g/mol. The highest BCUT2D eigenvalue weighted by atomic mass is 79.9. The molecule has 1 amide bonds. The largest absolute Gasteiger partial charge is 0.273 e. The first-order valence-electron chi connectivity index (χ1n) is 4.95. The summed E-state index contributed by atoms with van der Waals surface area (Å²) in [4.78, 5) is 11.2. The summed E-state index contributed by atoms with van der Waals surface area (Å²) in [6, 6.07) is 4.55. The van der Waals surface area contributed by atoms with Crippen molar-refractivity contribution in [1.29, 1.82) is 0 Å². The molecular formula is C11H10BrFN2O. The van der Waals surface area contributed by atoms with Crippen LogP contribution in [0.1, 0.15) is 18.4 Å². The number of rotatable bonds is 3. The van der Waals surface area contributed by atoms with Crippen LogP contribution < -0.4 is 5.43 Å². The lowest BCUT2D eigenvalue weighted by Crippen LogP contribution is -2.19. The number of hydrogen-bond acceptors (Lipinski definition) is 2. The van der Waals surface area contributed by atoms with Crippen molar-refractivity contribution in [1.82, 2.24) is 5.43 Å². The summed E-state index contributed by atoms with van der Waals surface area (Å²) in [5, 5.41) is 3.72. The van der Waals surface area contributed by atoms with Crippen LogP contribution in [0.2, 0.25) is 0 Å². The predicted molar refractivity (Wildman–Crippen MR) is 62.6 cm³/mol. The van der Waals surface area contributed by atoms with Gasteiger partial charge in [-0.15, -0.1) is 0 Å². The highest BCUT2D eigenvalue weighted by Crippen LogP contribution is 2.28. The highest BCUT2D eigenvalue weighted by Gasteiger charge is 2.29. The number of halogens is 2. The lowest BCUT2D eigenvalue weighted by atomic mass is 10.2. The number of benzene rings is 1. The number of carbonyl (C=O) groups is 1. The summed E-state index contributed by atoms with van der Waals surface area (Å²) in [6.45, 7) is 0. The van der Waals surface area contributed by atoms with Gasteiger partial charge in [-0.05, 0) is 31.0 Å². The Bertz CT molecular complexity index is 444. The van der Waals surface area contributed by atoms with E-state index in [4.69, 9.17) is 0 Å². The molecule has 1 saturated carbocycles. The molecule has 1 fully saturated rings. The molecule has 84 valence electrons. The van der Waals surface area contributed by atoms with Crippen molar-refractivity contribution >= 4 is 28.1 Å². The zero-order valence-electron chi connectivity index (χ0n) is 8.41. The van der Waals surface area contributed by atoms with Crippen molar-refractivity contribution < 1.29 is 9.18 Å². The van der Waals surface area contributed by atoms with E-state index in [1.807, 2.05) is 0 Å². The van der Waals surface area contributed by atoms with E-state index in [0.29, 0.717) is 5.56 Å². The summed E-state index contributed by atoms with van der Waals surface area (Å²) in [6.07, 6.45) is 3.15. The first-order chi connectivity index (χ1) is 7.66. The quantitative estimate of drug-likeness (QED) is 0.672. The molecule has 1 aliphatic rings. The van der Waals surface area contributed by atoms with Gasteiger partial charge in [-0.1, -0.05) is 15.9 Å². The van der Waals surface area contributed by atoms with Crippen LogP contribution in [-0.4, -0.2) is 12.1 Å². The SMILES string of the molecule is O=C(N/N=C/c1cc(Br)ccc1F)C1CC1. The van der Waals surface area contributed by atoms with Crippen LogP contribution in [0, 0.1) is 11.7 Å². The third-order valence-corrected chi connectivity index (χ3v) is 2.78. The second-order valence-corrected chi connectivity index (χ2v) is 4.59. The van der Waals surface area contributed by atoms with Crippen molar-refractivity contribution in [2.45, 2.75) is 12.8 Å². The van der Waals surface area contributed by atoms with Crippen LogP contribution in [0.3, 0.4) is 0 Å². The smallest absolute Gasteiger partial charge is 0.243 e. The molecule has 3 nitrogen and oxygen atoms in total. The maximum atomic E-state index is 13.2. The molecule has 1 aromatic carbocycles. The molecule has 5 heteroatoms. The fourth-order valence-electron chi connectivity index (χ4n) is 1.22. The van der Waals surface area contributed by atoms with Crippen LogP contribution in [0.5, 0.6) is 0 Å². The molecule has 0 aromatic heterocycles. The summed E-state index contributed by atoms with van der Waals surface area (Å²) < 4.78 is 14.0. The number of carbonyl (C=O) groups excluding carboxylic acids is 1. The molecule has 2 rings (SSSR count). The van der Waals surface area contributed by atoms with Crippen LogP contribution in [0.25, 0.3) is 0 Å². The second-order valence-electron chi connectivity index (χ2n) is 3.67. The second kappa shape index (κ2) is 4.74. The zero-order chi connectivity index (χ0) is 11.5. The van der Waals surface area contributed by atoms with Gasteiger partial charge in [0.05, 0.1) is 6.21 Å². The van der Waals surface area contributed by atoms with Crippen LogP contribution in [0.4, 0.5) is 4.39 Å². The third-order valence-electron chi connectivity index (χ3n) is 2.28. The van der Waals surface area contributed by atoms with E-state index in [2.05, 4.69) is 26.5 Å². The standard InChI is InChI=1S/C11H10BrFN2O/c12-9-3-4-10(13)8(5-9)6-14-15-11(16)7-1-2-7/h3-7H,1-2H2,(H,15,16)/b14-6+. The zero-order valence-corrected chi connectivity index (χ0v) is 10.00.